The molecule has 1 atom stereocenters. The molecule has 1 aromatic heterocycles. The van der Waals surface area contributed by atoms with Crippen molar-refractivity contribution in [3.05, 3.63) is 94.3 Å². The number of aromatic amines is 1. The van der Waals surface area contributed by atoms with E-state index in [0.29, 0.717) is 69.8 Å². The van der Waals surface area contributed by atoms with Gasteiger partial charge in [-0.25, -0.2) is 9.18 Å². The maximum Gasteiger partial charge on any atom is 0.323 e. The lowest BCUT2D eigenvalue weighted by Crippen LogP contribution is -2.77. The largest absolute Gasteiger partial charge is 0.497 e. The number of carbonyl (C=O) groups excluding carboxylic acids is 3. The molecule has 51 heavy (non-hydrogen) atoms. The first-order chi connectivity index (χ1) is 24.4. The van der Waals surface area contributed by atoms with Crippen LogP contribution in [0, 0.1) is 11.2 Å². The summed E-state index contributed by atoms with van der Waals surface area (Å²) in [6, 6.07) is 14.2. The first-order valence-electron chi connectivity index (χ1n) is 16.6. The third kappa shape index (κ3) is 6.98. The molecule has 3 amide bonds. The number of Topliss-reactive ketones (excluding diaryl/α,β-unsaturated/α-hetero) is 1. The van der Waals surface area contributed by atoms with Crippen molar-refractivity contribution in [2.75, 3.05) is 52.0 Å². The summed E-state index contributed by atoms with van der Waals surface area (Å²) >= 11 is 0. The van der Waals surface area contributed by atoms with Gasteiger partial charge in [-0.1, -0.05) is 0 Å². The Kier molecular flexibility index (Phi) is 9.77. The van der Waals surface area contributed by atoms with E-state index in [1.165, 1.54) is 19.2 Å². The van der Waals surface area contributed by atoms with Crippen LogP contribution in [0.2, 0.25) is 0 Å². The van der Waals surface area contributed by atoms with Gasteiger partial charge in [0.15, 0.2) is 11.6 Å². The van der Waals surface area contributed by atoms with E-state index < -0.39 is 17.6 Å². The number of methoxy groups -OCH3 is 1. The summed E-state index contributed by atoms with van der Waals surface area (Å²) in [4.78, 5) is 46.7. The molecule has 0 spiro atoms. The summed E-state index contributed by atoms with van der Waals surface area (Å²) < 4.78 is 26.5. The minimum Gasteiger partial charge on any atom is -0.497 e. The summed E-state index contributed by atoms with van der Waals surface area (Å²) in [6.07, 6.45) is 2.47. The highest BCUT2D eigenvalue weighted by atomic mass is 19.1. The fourth-order valence-electron chi connectivity index (χ4n) is 6.46. The molecule has 6 rings (SSSR count). The number of hydrogen-bond donors (Lipinski definition) is 5. The Labute approximate surface area is 294 Å². The van der Waals surface area contributed by atoms with Crippen LogP contribution in [0.1, 0.15) is 52.2 Å². The molecule has 0 bridgehead atoms. The molecule has 3 heterocycles. The van der Waals surface area contributed by atoms with E-state index in [-0.39, 0.29) is 28.5 Å². The number of rotatable bonds is 9. The molecule has 0 radical (unpaired) electrons. The second-order valence-corrected chi connectivity index (χ2v) is 12.9. The van der Waals surface area contributed by atoms with Crippen LogP contribution in [0.4, 0.5) is 20.6 Å². The minimum atomic E-state index is -0.545. The van der Waals surface area contributed by atoms with Gasteiger partial charge in [0.25, 0.3) is 5.91 Å². The van der Waals surface area contributed by atoms with E-state index in [1.807, 2.05) is 38.3 Å². The number of ketones is 1. The van der Waals surface area contributed by atoms with Gasteiger partial charge >= 0.3 is 6.03 Å². The number of nitrogens with one attached hydrogen (secondary N) is 4. The lowest BCUT2D eigenvalue weighted by atomic mass is 9.99. The number of carbonyl (C=O) groups is 3. The number of hydrogen-bond acceptors (Lipinski definition) is 7. The molecule has 12 nitrogen and oxygen atoms in total. The molecule has 2 aliphatic rings. The number of likely N-dealkylation sites (tertiary alicyclic amines) is 1. The fraction of sp³-hybridized carbons (Fsp3) is 0.263. The number of benzene rings is 3. The number of fused-ring (bicyclic) bond motifs is 2. The smallest absolute Gasteiger partial charge is 0.323 e. The second kappa shape index (κ2) is 14.2. The summed E-state index contributed by atoms with van der Waals surface area (Å²) in [5.41, 5.74) is 4.38. The summed E-state index contributed by atoms with van der Waals surface area (Å²) in [5, 5.41) is 16.3. The van der Waals surface area contributed by atoms with Crippen LogP contribution >= 0.6 is 0 Å². The summed E-state index contributed by atoms with van der Waals surface area (Å²) in [5.74, 6) is -0.424. The van der Waals surface area contributed by atoms with E-state index in [0.717, 1.165) is 12.1 Å². The number of nitrogens with zero attached hydrogens (tertiary/aromatic N) is 2. The van der Waals surface area contributed by atoms with Crippen molar-refractivity contribution in [1.29, 1.82) is 5.41 Å². The average Bonchev–Trinajstić information content (AvgIpc) is 3.82. The fourth-order valence-corrected chi connectivity index (χ4v) is 6.46. The van der Waals surface area contributed by atoms with Gasteiger partial charge in [0.1, 0.15) is 17.2 Å². The number of H-pyrrole nitrogens is 1. The molecule has 6 N–H and O–H groups in total. The molecule has 3 aromatic carbocycles. The Morgan fingerprint density at radius 3 is 2.45 bits per heavy atom. The molecule has 0 aliphatic carbocycles. The zero-order chi connectivity index (χ0) is 36.6. The molecular formula is C38H41FN7O5+. The van der Waals surface area contributed by atoms with Crippen LogP contribution in [0.5, 0.6) is 11.5 Å². The summed E-state index contributed by atoms with van der Waals surface area (Å²) in [7, 11) is 7.32. The van der Waals surface area contributed by atoms with Crippen LogP contribution in [-0.4, -0.2) is 85.6 Å². The molecule has 2 aliphatic heterocycles. The van der Waals surface area contributed by atoms with Crippen LogP contribution in [-0.2, 0) is 0 Å². The number of amides is 3. The zero-order valence-electron chi connectivity index (χ0n) is 29.4. The second-order valence-electron chi connectivity index (χ2n) is 12.9. The third-order valence-corrected chi connectivity index (χ3v) is 9.33. The molecule has 264 valence electrons. The maximum absolute atomic E-state index is 15.2. The predicted octanol–water partition coefficient (Wildman–Crippen LogP) is 5.32. The Hall–Kier alpha value is -5.79. The predicted molar refractivity (Wildman–Crippen MR) is 195 cm³/mol. The maximum atomic E-state index is 15.2. The van der Waals surface area contributed by atoms with Crippen molar-refractivity contribution in [3.63, 3.8) is 0 Å². The number of quaternary nitrogens is 1. The number of likely N-dealkylation sites (N-methyl/N-ethyl adjacent to an activating group) is 1. The Morgan fingerprint density at radius 1 is 1.10 bits per heavy atom. The number of ether oxygens (including phenoxy) is 2. The molecule has 4 aromatic rings. The number of urea groups is 1. The number of anilines is 2. The van der Waals surface area contributed by atoms with Crippen molar-refractivity contribution < 1.29 is 33.6 Å². The lowest BCUT2D eigenvalue weighted by Gasteiger charge is -2.20. The van der Waals surface area contributed by atoms with Crippen molar-refractivity contribution in [1.82, 2.24) is 14.8 Å². The van der Waals surface area contributed by atoms with Crippen molar-refractivity contribution in [3.8, 4) is 11.5 Å². The van der Waals surface area contributed by atoms with Crippen LogP contribution in [0.3, 0.4) is 0 Å². The highest BCUT2D eigenvalue weighted by Crippen LogP contribution is 2.38. The topological polar surface area (TPSA) is 156 Å². The molecule has 13 heteroatoms. The van der Waals surface area contributed by atoms with Crippen molar-refractivity contribution >= 4 is 57.4 Å². The Morgan fingerprint density at radius 2 is 1.80 bits per heavy atom. The van der Waals surface area contributed by atoms with Gasteiger partial charge in [-0.2, -0.15) is 0 Å². The number of nitrogens with two attached hydrogens (primary N) is 1. The van der Waals surface area contributed by atoms with Crippen molar-refractivity contribution in [2.24, 2.45) is 0 Å². The van der Waals surface area contributed by atoms with Gasteiger partial charge in [0, 0.05) is 65.7 Å². The van der Waals surface area contributed by atoms with E-state index >= 15 is 4.39 Å². The van der Waals surface area contributed by atoms with Crippen LogP contribution in [0.15, 0.2) is 66.1 Å². The minimum absolute atomic E-state index is 0.00195. The van der Waals surface area contributed by atoms with Crippen LogP contribution < -0.4 is 25.4 Å². The number of halogens is 1. The standard InChI is InChI=1S/C38H40FN7O5/c1-20(40)33(21(2)41-3)35-28(27-16-26(50-6)17-30(39)34(27)44-35)18-32-36(47)29-15-24(11-12-31(29)51-32)43-38(49)42-23-9-7-22(8-10-23)37(48)46-14-13-25(19-46)45(4)5/h7-12,15-18,25,40-41,44H,13-14,19H2,1-6H3,(H2,42,43,49)/p+1/b32-18-,33-21+,40-20?. The van der Waals surface area contributed by atoms with Gasteiger partial charge in [-0.15, -0.1) is 0 Å². The normalized spacial score (nSPS) is 16.7. The third-order valence-electron chi connectivity index (χ3n) is 9.33. The van der Waals surface area contributed by atoms with E-state index in [2.05, 4.69) is 20.5 Å². The zero-order valence-corrected chi connectivity index (χ0v) is 29.4. The van der Waals surface area contributed by atoms with E-state index in [9.17, 15) is 14.4 Å². The van der Waals surface area contributed by atoms with Gasteiger partial charge in [0.2, 0.25) is 5.78 Å². The monoisotopic (exact) mass is 694 g/mol. The first kappa shape index (κ1) is 35.1. The highest BCUT2D eigenvalue weighted by molar-refractivity contribution is 6.24. The van der Waals surface area contributed by atoms with Gasteiger partial charge in [0.05, 0.1) is 36.5 Å². The quantitative estimate of drug-likeness (QED) is 0.118. The van der Waals surface area contributed by atoms with Crippen LogP contribution in [0.25, 0.3) is 22.6 Å². The molecule has 1 unspecified atom stereocenters. The number of aromatic nitrogens is 1. The first-order valence-corrected chi connectivity index (χ1v) is 16.6. The molecule has 1 saturated heterocycles. The average molecular weight is 695 g/mol. The van der Waals surface area contributed by atoms with Gasteiger partial charge in [-0.3, -0.25) is 9.59 Å². The molecule has 1 fully saturated rings. The Bertz CT molecular complexity index is 2130. The summed E-state index contributed by atoms with van der Waals surface area (Å²) in [6.45, 7) is 4.89. The number of allylic oxidation sites excluding steroid dienone is 3. The van der Waals surface area contributed by atoms with E-state index in [1.54, 1.807) is 55.5 Å². The van der Waals surface area contributed by atoms with Gasteiger partial charge in [-0.05, 0) is 82.0 Å². The lowest BCUT2D eigenvalue weighted by molar-refractivity contribution is -0.574. The Balaban J connectivity index is 1.21. The van der Waals surface area contributed by atoms with Crippen molar-refractivity contribution in [2.45, 2.75) is 26.3 Å². The van der Waals surface area contributed by atoms with Gasteiger partial charge < -0.3 is 45.6 Å². The molecular weight excluding hydrogens is 653 g/mol. The highest BCUT2D eigenvalue weighted by Gasteiger charge is 2.31. The van der Waals surface area contributed by atoms with E-state index in [4.69, 9.17) is 14.9 Å². The molecule has 0 saturated carbocycles. The SMILES string of the molecule is C[NH2+]/C(C)=C(\C(C)=N)c1[nH]c2c(F)cc(OC)cc2c1/C=C1\Oc2ccc(NC(=O)Nc3ccc(C(=O)N4CCC(N(C)C)C4)cc3)cc2C1=O.